The van der Waals surface area contributed by atoms with E-state index in [0.717, 1.165) is 19.5 Å². The maximum absolute atomic E-state index is 12.5. The molecular formula is C15H22FNO3. The van der Waals surface area contributed by atoms with E-state index >= 15 is 0 Å². The second-order valence-electron chi connectivity index (χ2n) is 5.66. The molecule has 1 aromatic rings. The first-order valence-corrected chi connectivity index (χ1v) is 6.65. The van der Waals surface area contributed by atoms with Gasteiger partial charge in [0, 0.05) is 6.54 Å². The van der Waals surface area contributed by atoms with Crippen molar-refractivity contribution in [1.29, 1.82) is 0 Å². The summed E-state index contributed by atoms with van der Waals surface area (Å²) < 4.78 is 17.6. The van der Waals surface area contributed by atoms with E-state index in [1.165, 1.54) is 24.3 Å². The first-order chi connectivity index (χ1) is 9.28. The lowest BCUT2D eigenvalue weighted by Crippen LogP contribution is -2.23. The monoisotopic (exact) mass is 283 g/mol. The Balaban J connectivity index is 0.000000276. The van der Waals surface area contributed by atoms with Crippen LogP contribution in [0, 0.1) is 5.82 Å². The predicted molar refractivity (Wildman–Crippen MR) is 75.1 cm³/mol. The van der Waals surface area contributed by atoms with E-state index in [9.17, 15) is 9.18 Å². The van der Waals surface area contributed by atoms with Crippen molar-refractivity contribution in [2.24, 2.45) is 0 Å². The van der Waals surface area contributed by atoms with Gasteiger partial charge in [-0.05, 0) is 58.0 Å². The van der Waals surface area contributed by atoms with Crippen LogP contribution in [0.15, 0.2) is 24.3 Å². The van der Waals surface area contributed by atoms with Crippen molar-refractivity contribution in [3.05, 3.63) is 35.6 Å². The Labute approximate surface area is 119 Å². The number of nitrogens with one attached hydrogen (secondary N) is 1. The van der Waals surface area contributed by atoms with Gasteiger partial charge in [0.25, 0.3) is 0 Å². The standard InChI is InChI=1S/C11H13FO2.C4H9NO/c1-11(2,3)14-10(13)8-4-6-9(12)7-5-8;6-4-1-2-5-3-4/h4-7H,1-3H3;4-6H,1-3H2/t;4-/m.0/s1. The SMILES string of the molecule is CC(C)(C)OC(=O)c1ccc(F)cc1.O[C@H]1CCNC1. The number of halogens is 1. The molecule has 0 aromatic heterocycles. The summed E-state index contributed by atoms with van der Waals surface area (Å²) in [5, 5.41) is 11.7. The number of β-amino-alcohol motifs (C(OH)–C–C–N with tert-alkyl or cyclic N) is 1. The number of benzene rings is 1. The Morgan fingerprint density at radius 1 is 1.35 bits per heavy atom. The van der Waals surface area contributed by atoms with Gasteiger partial charge in [0.15, 0.2) is 0 Å². The first kappa shape index (κ1) is 16.6. The fourth-order valence-electron chi connectivity index (χ4n) is 1.56. The summed E-state index contributed by atoms with van der Waals surface area (Å²) in [5.74, 6) is -0.796. The van der Waals surface area contributed by atoms with E-state index in [-0.39, 0.29) is 11.9 Å². The lowest BCUT2D eigenvalue weighted by atomic mass is 10.1. The number of carbonyl (C=O) groups excluding carboxylic acids is 1. The van der Waals surface area contributed by atoms with Crippen molar-refractivity contribution in [2.75, 3.05) is 13.1 Å². The molecule has 2 N–H and O–H groups in total. The van der Waals surface area contributed by atoms with Crippen LogP contribution in [0.1, 0.15) is 37.6 Å². The third-order valence-electron chi connectivity index (χ3n) is 2.51. The van der Waals surface area contributed by atoms with Gasteiger partial charge in [0.05, 0.1) is 11.7 Å². The van der Waals surface area contributed by atoms with Crippen LogP contribution in [0.2, 0.25) is 0 Å². The highest BCUT2D eigenvalue weighted by atomic mass is 19.1. The molecule has 0 unspecified atom stereocenters. The molecule has 0 aliphatic carbocycles. The molecule has 1 aliphatic rings. The summed E-state index contributed by atoms with van der Waals surface area (Å²) in [6.45, 7) is 7.14. The summed E-state index contributed by atoms with van der Waals surface area (Å²) in [6.07, 6.45) is 0.866. The molecule has 0 amide bonds. The van der Waals surface area contributed by atoms with Gasteiger partial charge in [0.1, 0.15) is 11.4 Å². The third-order valence-corrected chi connectivity index (χ3v) is 2.51. The molecule has 1 aliphatic heterocycles. The maximum atomic E-state index is 12.5. The molecule has 0 radical (unpaired) electrons. The van der Waals surface area contributed by atoms with Gasteiger partial charge in [0.2, 0.25) is 0 Å². The molecule has 20 heavy (non-hydrogen) atoms. The molecule has 0 bridgehead atoms. The average Bonchev–Trinajstić information content (AvgIpc) is 2.79. The Bertz CT molecular complexity index is 420. The van der Waals surface area contributed by atoms with Gasteiger partial charge in [-0.3, -0.25) is 0 Å². The molecule has 5 heteroatoms. The normalized spacial score (nSPS) is 18.1. The molecule has 4 nitrogen and oxygen atoms in total. The quantitative estimate of drug-likeness (QED) is 0.775. The molecule has 0 saturated carbocycles. The van der Waals surface area contributed by atoms with Crippen molar-refractivity contribution in [3.8, 4) is 0 Å². The minimum atomic E-state index is -0.522. The van der Waals surface area contributed by atoms with E-state index in [1.807, 2.05) is 0 Å². The van der Waals surface area contributed by atoms with Crippen LogP contribution in [0.25, 0.3) is 0 Å². The summed E-state index contributed by atoms with van der Waals surface area (Å²) in [5.41, 5.74) is -0.160. The molecule has 1 fully saturated rings. The van der Waals surface area contributed by atoms with Crippen LogP contribution < -0.4 is 5.32 Å². The van der Waals surface area contributed by atoms with E-state index in [2.05, 4.69) is 5.32 Å². The van der Waals surface area contributed by atoms with Gasteiger partial charge in [-0.1, -0.05) is 0 Å². The van der Waals surface area contributed by atoms with Crippen molar-refractivity contribution < 1.29 is 19.0 Å². The van der Waals surface area contributed by atoms with Crippen molar-refractivity contribution in [3.63, 3.8) is 0 Å². The Hall–Kier alpha value is -1.46. The summed E-state index contributed by atoms with van der Waals surface area (Å²) in [4.78, 5) is 11.4. The topological polar surface area (TPSA) is 58.6 Å². The molecule has 1 atom stereocenters. The largest absolute Gasteiger partial charge is 0.456 e. The number of esters is 1. The Morgan fingerprint density at radius 3 is 2.30 bits per heavy atom. The zero-order valence-electron chi connectivity index (χ0n) is 12.1. The molecule has 2 rings (SSSR count). The molecular weight excluding hydrogens is 261 g/mol. The first-order valence-electron chi connectivity index (χ1n) is 6.65. The van der Waals surface area contributed by atoms with Crippen molar-refractivity contribution >= 4 is 5.97 Å². The summed E-state index contributed by atoms with van der Waals surface area (Å²) >= 11 is 0. The van der Waals surface area contributed by atoms with Crippen LogP contribution in [0.5, 0.6) is 0 Å². The molecule has 112 valence electrons. The van der Waals surface area contributed by atoms with E-state index in [0.29, 0.717) is 5.56 Å². The third kappa shape index (κ3) is 6.63. The second-order valence-corrected chi connectivity index (χ2v) is 5.66. The number of aliphatic hydroxyl groups is 1. The second kappa shape index (κ2) is 7.36. The zero-order valence-corrected chi connectivity index (χ0v) is 12.1. The molecule has 1 heterocycles. The van der Waals surface area contributed by atoms with Crippen LogP contribution in [-0.2, 0) is 4.74 Å². The number of hydrogen-bond donors (Lipinski definition) is 2. The molecule has 1 aromatic carbocycles. The molecule has 0 spiro atoms. The number of ether oxygens (including phenoxy) is 1. The number of hydrogen-bond acceptors (Lipinski definition) is 4. The summed E-state index contributed by atoms with van der Waals surface area (Å²) in [7, 11) is 0. The van der Waals surface area contributed by atoms with Gasteiger partial charge in [-0.2, -0.15) is 0 Å². The van der Waals surface area contributed by atoms with Gasteiger partial charge >= 0.3 is 5.97 Å². The number of rotatable bonds is 1. The fraction of sp³-hybridized carbons (Fsp3) is 0.533. The Kier molecular flexibility index (Phi) is 6.10. The Morgan fingerprint density at radius 2 is 1.95 bits per heavy atom. The van der Waals surface area contributed by atoms with Gasteiger partial charge in [-0.25, -0.2) is 9.18 Å². The predicted octanol–water partition coefficient (Wildman–Crippen LogP) is 2.12. The molecule has 1 saturated heterocycles. The smallest absolute Gasteiger partial charge is 0.338 e. The minimum Gasteiger partial charge on any atom is -0.456 e. The van der Waals surface area contributed by atoms with Crippen LogP contribution in [0.3, 0.4) is 0 Å². The van der Waals surface area contributed by atoms with Crippen molar-refractivity contribution in [1.82, 2.24) is 5.32 Å². The zero-order chi connectivity index (χ0) is 15.2. The van der Waals surface area contributed by atoms with Crippen molar-refractivity contribution in [2.45, 2.75) is 38.9 Å². The van der Waals surface area contributed by atoms with E-state index < -0.39 is 11.6 Å². The lowest BCUT2D eigenvalue weighted by molar-refractivity contribution is 0.00695. The van der Waals surface area contributed by atoms with Crippen LogP contribution in [0.4, 0.5) is 4.39 Å². The highest BCUT2D eigenvalue weighted by Crippen LogP contribution is 2.12. The summed E-state index contributed by atoms with van der Waals surface area (Å²) in [6, 6.07) is 5.28. The van der Waals surface area contributed by atoms with E-state index in [1.54, 1.807) is 20.8 Å². The number of aliphatic hydroxyl groups excluding tert-OH is 1. The van der Waals surface area contributed by atoms with Crippen LogP contribution >= 0.6 is 0 Å². The van der Waals surface area contributed by atoms with Crippen LogP contribution in [-0.4, -0.2) is 35.9 Å². The average molecular weight is 283 g/mol. The minimum absolute atomic E-state index is 0.0648. The number of carbonyl (C=O) groups is 1. The van der Waals surface area contributed by atoms with Gasteiger partial charge < -0.3 is 15.2 Å². The highest BCUT2D eigenvalue weighted by molar-refractivity contribution is 5.89. The maximum Gasteiger partial charge on any atom is 0.338 e. The van der Waals surface area contributed by atoms with Gasteiger partial charge in [-0.15, -0.1) is 0 Å². The fourth-order valence-corrected chi connectivity index (χ4v) is 1.56. The lowest BCUT2D eigenvalue weighted by Gasteiger charge is -2.19. The van der Waals surface area contributed by atoms with E-state index in [4.69, 9.17) is 9.84 Å². The highest BCUT2D eigenvalue weighted by Gasteiger charge is 2.17.